The van der Waals surface area contributed by atoms with Crippen LogP contribution in [0.15, 0.2) is 23.8 Å². The summed E-state index contributed by atoms with van der Waals surface area (Å²) < 4.78 is 6.45. The zero-order chi connectivity index (χ0) is 25.6. The standard InChI is InChI=1S/C32H54O3/c1-8-9-18-35-29-19-25-27-13-12-26(23(5)11-10-22(4)21(2)3)30(27,6)16-15-28(25)31(7)17-14-24(33)20-32(29,31)34/h10-11,19,21-24,26-29,33-34H,8-9,12-18,20H2,1-7H3/b11-10+/t22-,23+,24-,26+,27?,28?,29+,30+,31+,32-/m0/s1. The highest BCUT2D eigenvalue weighted by Gasteiger charge is 2.65. The molecule has 2 N–H and O–H groups in total. The predicted molar refractivity (Wildman–Crippen MR) is 145 cm³/mol. The number of allylic oxidation sites excluding steroid dienone is 3. The molecule has 3 saturated carbocycles. The zero-order valence-corrected chi connectivity index (χ0v) is 23.7. The van der Waals surface area contributed by atoms with Crippen LogP contribution < -0.4 is 0 Å². The van der Waals surface area contributed by atoms with Crippen molar-refractivity contribution in [2.75, 3.05) is 6.61 Å². The summed E-state index contributed by atoms with van der Waals surface area (Å²) in [7, 11) is 0. The van der Waals surface area contributed by atoms with E-state index >= 15 is 0 Å². The summed E-state index contributed by atoms with van der Waals surface area (Å²) >= 11 is 0. The van der Waals surface area contributed by atoms with Crippen molar-refractivity contribution in [1.29, 1.82) is 0 Å². The highest BCUT2D eigenvalue weighted by Crippen LogP contribution is 2.67. The Morgan fingerprint density at radius 1 is 1.03 bits per heavy atom. The SMILES string of the molecule is CCCCO[C@@H]1C=C2C3CC[C@H]([C@H](C)/C=C/[C@H](C)C(C)C)[C@@]3(C)CCC2[C@@]2(C)CC[C@H](O)C[C@]12O. The molecule has 3 fully saturated rings. The van der Waals surface area contributed by atoms with Crippen LogP contribution in [0.25, 0.3) is 0 Å². The third kappa shape index (κ3) is 4.61. The van der Waals surface area contributed by atoms with E-state index in [2.05, 4.69) is 66.7 Å². The van der Waals surface area contributed by atoms with Gasteiger partial charge < -0.3 is 14.9 Å². The Labute approximate surface area is 215 Å². The van der Waals surface area contributed by atoms with Crippen molar-refractivity contribution in [3.05, 3.63) is 23.8 Å². The van der Waals surface area contributed by atoms with Crippen molar-refractivity contribution in [2.24, 2.45) is 46.3 Å². The molecule has 4 rings (SSSR count). The van der Waals surface area contributed by atoms with Crippen LogP contribution in [0, 0.1) is 46.3 Å². The number of unbranched alkanes of at least 4 members (excludes halogenated alkanes) is 1. The molecule has 200 valence electrons. The van der Waals surface area contributed by atoms with Crippen molar-refractivity contribution in [3.8, 4) is 0 Å². The van der Waals surface area contributed by atoms with Crippen molar-refractivity contribution in [1.82, 2.24) is 0 Å². The summed E-state index contributed by atoms with van der Waals surface area (Å²) in [4.78, 5) is 0. The molecule has 0 amide bonds. The molecule has 4 aliphatic carbocycles. The molecule has 3 heteroatoms. The first kappa shape index (κ1) is 27.4. The summed E-state index contributed by atoms with van der Waals surface area (Å²) in [6.07, 6.45) is 15.8. The van der Waals surface area contributed by atoms with Crippen LogP contribution in [0.5, 0.6) is 0 Å². The van der Waals surface area contributed by atoms with Gasteiger partial charge in [0.1, 0.15) is 11.7 Å². The second-order valence-electron chi connectivity index (χ2n) is 13.7. The van der Waals surface area contributed by atoms with Crippen LogP contribution in [-0.2, 0) is 4.74 Å². The first-order valence-corrected chi connectivity index (χ1v) is 14.9. The molecule has 0 saturated heterocycles. The number of aliphatic hydroxyl groups excluding tert-OH is 1. The van der Waals surface area contributed by atoms with Crippen molar-refractivity contribution in [3.63, 3.8) is 0 Å². The second kappa shape index (κ2) is 10.3. The maximum Gasteiger partial charge on any atom is 0.105 e. The van der Waals surface area contributed by atoms with Crippen LogP contribution in [0.3, 0.4) is 0 Å². The molecule has 0 aliphatic heterocycles. The minimum absolute atomic E-state index is 0.217. The van der Waals surface area contributed by atoms with Crippen LogP contribution in [0.4, 0.5) is 0 Å². The third-order valence-corrected chi connectivity index (χ3v) is 11.5. The number of fused-ring (bicyclic) bond motifs is 5. The van der Waals surface area contributed by atoms with Gasteiger partial charge in [0.15, 0.2) is 0 Å². The van der Waals surface area contributed by atoms with E-state index in [4.69, 9.17) is 4.74 Å². The molecule has 4 aliphatic rings. The van der Waals surface area contributed by atoms with E-state index in [0.717, 1.165) is 32.1 Å². The fourth-order valence-corrected chi connectivity index (χ4v) is 8.67. The number of hydrogen-bond acceptors (Lipinski definition) is 3. The van der Waals surface area contributed by atoms with E-state index < -0.39 is 11.7 Å². The third-order valence-electron chi connectivity index (χ3n) is 11.5. The average Bonchev–Trinajstić information content (AvgIpc) is 3.16. The first-order valence-electron chi connectivity index (χ1n) is 14.9. The van der Waals surface area contributed by atoms with Gasteiger partial charge in [-0.2, -0.15) is 0 Å². The summed E-state index contributed by atoms with van der Waals surface area (Å²) in [5.74, 6) is 3.63. The topological polar surface area (TPSA) is 49.7 Å². The van der Waals surface area contributed by atoms with Crippen LogP contribution >= 0.6 is 0 Å². The quantitative estimate of drug-likeness (QED) is 0.279. The first-order chi connectivity index (χ1) is 16.5. The highest BCUT2D eigenvalue weighted by molar-refractivity contribution is 5.33. The van der Waals surface area contributed by atoms with E-state index in [1.165, 1.54) is 19.3 Å². The largest absolute Gasteiger partial charge is 0.393 e. The van der Waals surface area contributed by atoms with E-state index in [-0.39, 0.29) is 11.5 Å². The van der Waals surface area contributed by atoms with Gasteiger partial charge >= 0.3 is 0 Å². The molecule has 0 aromatic rings. The zero-order valence-electron chi connectivity index (χ0n) is 23.7. The summed E-state index contributed by atoms with van der Waals surface area (Å²) in [5.41, 5.74) is 0.728. The van der Waals surface area contributed by atoms with E-state index in [1.54, 1.807) is 5.57 Å². The van der Waals surface area contributed by atoms with E-state index in [0.29, 0.717) is 54.0 Å². The molecular formula is C32H54O3. The van der Waals surface area contributed by atoms with Crippen molar-refractivity contribution < 1.29 is 14.9 Å². The number of aliphatic hydroxyl groups is 2. The van der Waals surface area contributed by atoms with Gasteiger partial charge in [-0.1, -0.05) is 78.7 Å². The van der Waals surface area contributed by atoms with Crippen LogP contribution in [-0.4, -0.2) is 34.6 Å². The van der Waals surface area contributed by atoms with Gasteiger partial charge in [0.2, 0.25) is 0 Å². The van der Waals surface area contributed by atoms with Gasteiger partial charge in [-0.25, -0.2) is 0 Å². The molecule has 10 atom stereocenters. The van der Waals surface area contributed by atoms with Gasteiger partial charge in [-0.05, 0) is 85.9 Å². The Hall–Kier alpha value is -0.640. The second-order valence-corrected chi connectivity index (χ2v) is 13.7. The van der Waals surface area contributed by atoms with Gasteiger partial charge in [0.25, 0.3) is 0 Å². The van der Waals surface area contributed by atoms with Gasteiger partial charge in [-0.15, -0.1) is 0 Å². The minimum Gasteiger partial charge on any atom is -0.393 e. The molecule has 35 heavy (non-hydrogen) atoms. The molecule has 0 bridgehead atoms. The lowest BCUT2D eigenvalue weighted by Gasteiger charge is -2.62. The molecule has 2 unspecified atom stereocenters. The fourth-order valence-electron chi connectivity index (χ4n) is 8.67. The van der Waals surface area contributed by atoms with Gasteiger partial charge in [-0.3, -0.25) is 0 Å². The predicted octanol–water partition coefficient (Wildman–Crippen LogP) is 7.32. The fraction of sp³-hybridized carbons (Fsp3) is 0.875. The van der Waals surface area contributed by atoms with Gasteiger partial charge in [0, 0.05) is 18.4 Å². The summed E-state index contributed by atoms with van der Waals surface area (Å²) in [5, 5.41) is 22.8. The Balaban J connectivity index is 1.64. The molecule has 0 aromatic heterocycles. The molecule has 3 nitrogen and oxygen atoms in total. The monoisotopic (exact) mass is 486 g/mol. The Bertz CT molecular complexity index is 801. The maximum atomic E-state index is 12.2. The lowest BCUT2D eigenvalue weighted by Crippen LogP contribution is -2.66. The Morgan fingerprint density at radius 3 is 2.46 bits per heavy atom. The molecule has 0 radical (unpaired) electrons. The Kier molecular flexibility index (Phi) is 8.03. The van der Waals surface area contributed by atoms with Crippen molar-refractivity contribution >= 4 is 0 Å². The van der Waals surface area contributed by atoms with Crippen LogP contribution in [0.1, 0.15) is 106 Å². The Morgan fingerprint density at radius 2 is 1.77 bits per heavy atom. The van der Waals surface area contributed by atoms with Crippen LogP contribution in [0.2, 0.25) is 0 Å². The molecule has 0 spiro atoms. The average molecular weight is 487 g/mol. The lowest BCUT2D eigenvalue weighted by atomic mass is 9.45. The molecular weight excluding hydrogens is 432 g/mol. The normalized spacial score (nSPS) is 45.1. The smallest absolute Gasteiger partial charge is 0.105 e. The number of rotatable bonds is 8. The number of hydrogen-bond donors (Lipinski definition) is 2. The molecule has 0 heterocycles. The van der Waals surface area contributed by atoms with E-state index in [9.17, 15) is 10.2 Å². The maximum absolute atomic E-state index is 12.2. The number of ether oxygens (including phenoxy) is 1. The molecule has 0 aromatic carbocycles. The summed E-state index contributed by atoms with van der Waals surface area (Å²) in [6, 6.07) is 0. The highest BCUT2D eigenvalue weighted by atomic mass is 16.5. The summed E-state index contributed by atoms with van der Waals surface area (Å²) in [6.45, 7) is 17.2. The minimum atomic E-state index is -0.971. The van der Waals surface area contributed by atoms with Crippen molar-refractivity contribution in [2.45, 2.75) is 124 Å². The van der Waals surface area contributed by atoms with E-state index in [1.807, 2.05) is 0 Å². The van der Waals surface area contributed by atoms with Gasteiger partial charge in [0.05, 0.1) is 6.10 Å². The lowest BCUT2D eigenvalue weighted by molar-refractivity contribution is -0.221.